The molecule has 1 rings (SSSR count). The Hall–Kier alpha value is -0.770. The van der Waals surface area contributed by atoms with Crippen molar-refractivity contribution in [2.24, 2.45) is 5.92 Å². The minimum Gasteiger partial charge on any atom is -0.396 e. The number of hydrogen-bond acceptors (Lipinski definition) is 1. The van der Waals surface area contributed by atoms with Gasteiger partial charge in [-0.1, -0.05) is 23.8 Å². The Kier molecular flexibility index (Phi) is 2.83. The van der Waals surface area contributed by atoms with Gasteiger partial charge >= 0.3 is 6.18 Å². The Morgan fingerprint density at radius 2 is 2.29 bits per heavy atom. The standard InChI is InChI=1S/C10H13F3O/c11-10(12,13)9-5-1-3-8(7-9)4-2-6-14/h1,3,5,9,14H,2,4,6-7H2/i7D2. The fourth-order valence-corrected chi connectivity index (χ4v) is 1.19. The number of aliphatic hydroxyl groups excluding tert-OH is 1. The topological polar surface area (TPSA) is 20.2 Å². The predicted octanol–water partition coefficient (Wildman–Crippen LogP) is 2.82. The summed E-state index contributed by atoms with van der Waals surface area (Å²) in [6, 6.07) is 0. The smallest absolute Gasteiger partial charge is 0.395 e. The molecule has 0 heterocycles. The van der Waals surface area contributed by atoms with Gasteiger partial charge in [0.2, 0.25) is 0 Å². The number of hydrogen-bond donors (Lipinski definition) is 1. The van der Waals surface area contributed by atoms with Crippen LogP contribution >= 0.6 is 0 Å². The largest absolute Gasteiger partial charge is 0.396 e. The molecule has 0 saturated heterocycles. The van der Waals surface area contributed by atoms with Crippen molar-refractivity contribution >= 4 is 0 Å². The van der Waals surface area contributed by atoms with Crippen LogP contribution in [-0.2, 0) is 0 Å². The van der Waals surface area contributed by atoms with Gasteiger partial charge in [0.1, 0.15) is 0 Å². The van der Waals surface area contributed by atoms with Crippen molar-refractivity contribution < 1.29 is 21.0 Å². The fourth-order valence-electron chi connectivity index (χ4n) is 1.19. The number of alkyl halides is 3. The highest BCUT2D eigenvalue weighted by molar-refractivity contribution is 5.20. The minimum absolute atomic E-state index is 0.0892. The van der Waals surface area contributed by atoms with E-state index < -0.39 is 18.5 Å². The van der Waals surface area contributed by atoms with Gasteiger partial charge in [0.25, 0.3) is 0 Å². The zero-order chi connectivity index (χ0) is 12.4. The molecule has 14 heavy (non-hydrogen) atoms. The van der Waals surface area contributed by atoms with Gasteiger partial charge in [-0.2, -0.15) is 13.2 Å². The van der Waals surface area contributed by atoms with Gasteiger partial charge in [-0.05, 0) is 19.2 Å². The number of allylic oxidation sites excluding steroid dienone is 4. The summed E-state index contributed by atoms with van der Waals surface area (Å²) in [7, 11) is 0. The van der Waals surface area contributed by atoms with E-state index >= 15 is 0 Å². The lowest BCUT2D eigenvalue weighted by Crippen LogP contribution is -2.22. The van der Waals surface area contributed by atoms with Gasteiger partial charge in [-0.15, -0.1) is 0 Å². The van der Waals surface area contributed by atoms with Gasteiger partial charge in [0, 0.05) is 9.35 Å². The number of aliphatic hydroxyl groups is 1. The molecular formula is C10H13F3O. The molecule has 4 heteroatoms. The summed E-state index contributed by atoms with van der Waals surface area (Å²) in [6.45, 7) is -0.159. The molecule has 1 N–H and O–H groups in total. The van der Waals surface area contributed by atoms with Gasteiger partial charge < -0.3 is 5.11 Å². The number of halogens is 3. The van der Waals surface area contributed by atoms with Crippen LogP contribution in [0.5, 0.6) is 0 Å². The molecule has 1 nitrogen and oxygen atoms in total. The molecule has 0 aliphatic heterocycles. The van der Waals surface area contributed by atoms with Crippen LogP contribution in [0.25, 0.3) is 0 Å². The first-order chi connectivity index (χ1) is 7.30. The first-order valence-corrected chi connectivity index (χ1v) is 4.35. The van der Waals surface area contributed by atoms with E-state index in [0.29, 0.717) is 0 Å². The zero-order valence-electron chi connectivity index (χ0n) is 9.51. The lowest BCUT2D eigenvalue weighted by molar-refractivity contribution is -0.161. The summed E-state index contributed by atoms with van der Waals surface area (Å²) in [5.41, 5.74) is 0.0892. The van der Waals surface area contributed by atoms with E-state index in [-0.39, 0.29) is 25.0 Å². The summed E-state index contributed by atoms with van der Waals surface area (Å²) >= 11 is 0. The van der Waals surface area contributed by atoms with Crippen LogP contribution in [0.4, 0.5) is 13.2 Å². The lowest BCUT2D eigenvalue weighted by atomic mass is 9.91. The van der Waals surface area contributed by atoms with Crippen molar-refractivity contribution in [2.75, 3.05) is 6.61 Å². The molecule has 1 unspecified atom stereocenters. The molecule has 1 aliphatic rings. The SMILES string of the molecule is [2H]C1([2H])C(CCCO)=CC=CC1C(F)(F)F. The van der Waals surface area contributed by atoms with Gasteiger partial charge in [0.05, 0.1) is 5.92 Å². The highest BCUT2D eigenvalue weighted by Gasteiger charge is 2.38. The van der Waals surface area contributed by atoms with E-state index in [1.807, 2.05) is 0 Å². The zero-order valence-corrected chi connectivity index (χ0v) is 7.51. The Balaban J connectivity index is 2.90. The Morgan fingerprint density at radius 1 is 1.57 bits per heavy atom. The summed E-state index contributed by atoms with van der Waals surface area (Å²) in [6.07, 6.45) is -3.17. The minimum atomic E-state index is -4.58. The normalized spacial score (nSPS) is 28.0. The molecule has 0 fully saturated rings. The van der Waals surface area contributed by atoms with E-state index in [4.69, 9.17) is 7.85 Å². The maximum atomic E-state index is 12.6. The van der Waals surface area contributed by atoms with Crippen molar-refractivity contribution in [2.45, 2.75) is 25.4 Å². The molecule has 0 spiro atoms. The third-order valence-corrected chi connectivity index (χ3v) is 1.90. The van der Waals surface area contributed by atoms with E-state index in [1.165, 1.54) is 12.2 Å². The molecule has 1 aliphatic carbocycles. The molecule has 0 bridgehead atoms. The average molecular weight is 208 g/mol. The van der Waals surface area contributed by atoms with Gasteiger partial charge in [-0.3, -0.25) is 0 Å². The van der Waals surface area contributed by atoms with Gasteiger partial charge in [0.15, 0.2) is 0 Å². The van der Waals surface area contributed by atoms with Crippen LogP contribution in [0.3, 0.4) is 0 Å². The van der Waals surface area contributed by atoms with E-state index in [0.717, 1.165) is 6.08 Å². The summed E-state index contributed by atoms with van der Waals surface area (Å²) in [4.78, 5) is 0. The number of rotatable bonds is 3. The lowest BCUT2D eigenvalue weighted by Gasteiger charge is -2.20. The second-order valence-electron chi connectivity index (χ2n) is 3.07. The quantitative estimate of drug-likeness (QED) is 0.756. The molecule has 0 amide bonds. The van der Waals surface area contributed by atoms with Crippen molar-refractivity contribution in [1.82, 2.24) is 0 Å². The first-order valence-electron chi connectivity index (χ1n) is 5.35. The summed E-state index contributed by atoms with van der Waals surface area (Å²) in [5, 5.41) is 8.60. The predicted molar refractivity (Wildman–Crippen MR) is 47.7 cm³/mol. The molecule has 0 radical (unpaired) electrons. The molecule has 0 aromatic carbocycles. The fraction of sp³-hybridized carbons (Fsp3) is 0.600. The molecule has 80 valence electrons. The van der Waals surface area contributed by atoms with E-state index in [2.05, 4.69) is 0 Å². The van der Waals surface area contributed by atoms with Crippen molar-refractivity contribution in [1.29, 1.82) is 0 Å². The molecule has 0 saturated carbocycles. The Labute approximate surface area is 83.7 Å². The third kappa shape index (κ3) is 3.18. The second kappa shape index (κ2) is 4.64. The van der Waals surface area contributed by atoms with E-state index in [9.17, 15) is 13.2 Å². The highest BCUT2D eigenvalue weighted by Crippen LogP contribution is 2.35. The maximum Gasteiger partial charge on any atom is 0.395 e. The van der Waals surface area contributed by atoms with Crippen molar-refractivity contribution in [3.63, 3.8) is 0 Å². The van der Waals surface area contributed by atoms with Crippen molar-refractivity contribution in [3.8, 4) is 0 Å². The van der Waals surface area contributed by atoms with Gasteiger partial charge in [-0.25, -0.2) is 0 Å². The monoisotopic (exact) mass is 208 g/mol. The Morgan fingerprint density at radius 3 is 2.86 bits per heavy atom. The summed E-state index contributed by atoms with van der Waals surface area (Å²) < 4.78 is 52.7. The Bertz CT molecular complexity index is 308. The van der Waals surface area contributed by atoms with Crippen LogP contribution in [0.1, 0.15) is 22.0 Å². The van der Waals surface area contributed by atoms with Crippen LogP contribution < -0.4 is 0 Å². The molecule has 0 aromatic heterocycles. The van der Waals surface area contributed by atoms with E-state index in [1.54, 1.807) is 0 Å². The maximum absolute atomic E-state index is 12.6. The van der Waals surface area contributed by atoms with Crippen molar-refractivity contribution in [3.05, 3.63) is 23.8 Å². The van der Waals surface area contributed by atoms with Crippen LogP contribution in [0.2, 0.25) is 0 Å². The first kappa shape index (κ1) is 8.53. The highest BCUT2D eigenvalue weighted by atomic mass is 19.4. The van der Waals surface area contributed by atoms with Crippen LogP contribution in [-0.4, -0.2) is 17.9 Å². The molecular weight excluding hydrogens is 193 g/mol. The third-order valence-electron chi connectivity index (χ3n) is 1.90. The summed E-state index contributed by atoms with van der Waals surface area (Å²) in [5.74, 6) is -2.10. The second-order valence-corrected chi connectivity index (χ2v) is 3.07. The van der Waals surface area contributed by atoms with Crippen LogP contribution in [0.15, 0.2) is 23.8 Å². The average Bonchev–Trinajstić information content (AvgIpc) is 2.13. The molecule has 1 atom stereocenters. The van der Waals surface area contributed by atoms with Crippen LogP contribution in [0, 0.1) is 5.92 Å². The molecule has 0 aromatic rings.